The Kier molecular flexibility index (Phi) is 6.32. The van der Waals surface area contributed by atoms with E-state index in [1.54, 1.807) is 6.08 Å². The van der Waals surface area contributed by atoms with Crippen LogP contribution in [0.15, 0.2) is 12.7 Å². The first-order valence-corrected chi connectivity index (χ1v) is 5.97. The Bertz CT molecular complexity index is 269. The lowest BCUT2D eigenvalue weighted by Crippen LogP contribution is -2.43. The molecule has 0 aromatic rings. The van der Waals surface area contributed by atoms with Crippen LogP contribution in [0, 0.1) is 5.92 Å². The molecule has 1 saturated heterocycles. The summed E-state index contributed by atoms with van der Waals surface area (Å²) in [6.45, 7) is 5.70. The molecule has 1 fully saturated rings. The smallest absolute Gasteiger partial charge is 0.224 e. The average molecular weight is 240 g/mol. The van der Waals surface area contributed by atoms with Gasteiger partial charge in [-0.2, -0.15) is 0 Å². The van der Waals surface area contributed by atoms with Crippen LogP contribution < -0.4 is 10.6 Å². The highest BCUT2D eigenvalue weighted by molar-refractivity contribution is 5.83. The van der Waals surface area contributed by atoms with Crippen LogP contribution in [-0.2, 0) is 14.3 Å². The molecule has 1 heterocycles. The predicted octanol–water partition coefficient (Wildman–Crippen LogP) is 0.222. The molecule has 1 aliphatic rings. The Balaban J connectivity index is 2.04. The number of carbonyl (C=O) groups is 2. The Morgan fingerprint density at radius 2 is 2.41 bits per heavy atom. The van der Waals surface area contributed by atoms with E-state index in [2.05, 4.69) is 17.2 Å². The van der Waals surface area contributed by atoms with Crippen molar-refractivity contribution in [2.45, 2.75) is 19.3 Å². The molecule has 17 heavy (non-hydrogen) atoms. The highest BCUT2D eigenvalue weighted by Crippen LogP contribution is 2.10. The molecule has 2 N–H and O–H groups in total. The minimum absolute atomic E-state index is 0.00248. The Morgan fingerprint density at radius 3 is 3.06 bits per heavy atom. The van der Waals surface area contributed by atoms with Gasteiger partial charge in [0.05, 0.1) is 19.1 Å². The number of amides is 2. The van der Waals surface area contributed by atoms with Crippen molar-refractivity contribution in [2.75, 3.05) is 26.3 Å². The number of ether oxygens (including phenoxy) is 1. The minimum atomic E-state index is -0.0964. The molecule has 0 saturated carbocycles. The minimum Gasteiger partial charge on any atom is -0.379 e. The zero-order valence-corrected chi connectivity index (χ0v) is 10.0. The van der Waals surface area contributed by atoms with E-state index < -0.39 is 0 Å². The number of rotatable bonds is 7. The van der Waals surface area contributed by atoms with Crippen LogP contribution in [0.3, 0.4) is 0 Å². The van der Waals surface area contributed by atoms with Crippen LogP contribution in [0.1, 0.15) is 19.3 Å². The summed E-state index contributed by atoms with van der Waals surface area (Å²) in [5, 5.41) is 5.49. The number of hydrogen-bond donors (Lipinski definition) is 2. The van der Waals surface area contributed by atoms with Crippen molar-refractivity contribution in [3.63, 3.8) is 0 Å². The van der Waals surface area contributed by atoms with Gasteiger partial charge >= 0.3 is 0 Å². The van der Waals surface area contributed by atoms with Crippen molar-refractivity contribution in [3.05, 3.63) is 12.7 Å². The normalized spacial score (nSPS) is 19.5. The van der Waals surface area contributed by atoms with E-state index in [0.29, 0.717) is 39.1 Å². The first-order chi connectivity index (χ1) is 8.24. The maximum Gasteiger partial charge on any atom is 0.224 e. The molecule has 0 aromatic carbocycles. The third-order valence-corrected chi connectivity index (χ3v) is 2.65. The maximum atomic E-state index is 11.7. The summed E-state index contributed by atoms with van der Waals surface area (Å²) in [5.74, 6) is -0.0694. The van der Waals surface area contributed by atoms with Gasteiger partial charge in [0.2, 0.25) is 11.8 Å². The van der Waals surface area contributed by atoms with Crippen molar-refractivity contribution >= 4 is 11.8 Å². The first kappa shape index (κ1) is 13.7. The molecule has 1 aliphatic heterocycles. The number of piperidine rings is 1. The van der Waals surface area contributed by atoms with Gasteiger partial charge in [-0.05, 0) is 12.8 Å². The zero-order valence-electron chi connectivity index (χ0n) is 10.0. The monoisotopic (exact) mass is 240 g/mol. The van der Waals surface area contributed by atoms with Gasteiger partial charge in [0, 0.05) is 19.5 Å². The molecule has 96 valence electrons. The predicted molar refractivity (Wildman–Crippen MR) is 64.4 cm³/mol. The molecule has 2 amide bonds. The molecule has 0 spiro atoms. The molecule has 1 atom stereocenters. The topological polar surface area (TPSA) is 67.4 Å². The Morgan fingerprint density at radius 1 is 1.59 bits per heavy atom. The summed E-state index contributed by atoms with van der Waals surface area (Å²) in [4.78, 5) is 22.6. The van der Waals surface area contributed by atoms with Crippen molar-refractivity contribution in [1.29, 1.82) is 0 Å². The highest BCUT2D eigenvalue weighted by atomic mass is 16.5. The van der Waals surface area contributed by atoms with Crippen LogP contribution >= 0.6 is 0 Å². The van der Waals surface area contributed by atoms with Gasteiger partial charge in [-0.1, -0.05) is 6.08 Å². The molecular formula is C12H20N2O3. The van der Waals surface area contributed by atoms with E-state index in [9.17, 15) is 9.59 Å². The van der Waals surface area contributed by atoms with Crippen LogP contribution in [0.25, 0.3) is 0 Å². The second-order valence-electron chi connectivity index (χ2n) is 4.02. The molecule has 1 rings (SSSR count). The molecule has 0 aliphatic carbocycles. The van der Waals surface area contributed by atoms with E-state index in [1.165, 1.54) is 0 Å². The van der Waals surface area contributed by atoms with E-state index in [4.69, 9.17) is 4.74 Å². The third kappa shape index (κ3) is 5.49. The SMILES string of the molecule is C=CCCOCCNC(=O)C1CCC(=O)NC1. The molecular weight excluding hydrogens is 220 g/mol. The fraction of sp³-hybridized carbons (Fsp3) is 0.667. The fourth-order valence-corrected chi connectivity index (χ4v) is 1.62. The van der Waals surface area contributed by atoms with Gasteiger partial charge < -0.3 is 15.4 Å². The van der Waals surface area contributed by atoms with Gasteiger partial charge in [0.25, 0.3) is 0 Å². The average Bonchev–Trinajstić information content (AvgIpc) is 2.34. The van der Waals surface area contributed by atoms with Crippen LogP contribution in [-0.4, -0.2) is 38.1 Å². The summed E-state index contributed by atoms with van der Waals surface area (Å²) in [7, 11) is 0. The lowest BCUT2D eigenvalue weighted by Gasteiger charge is -2.21. The fourth-order valence-electron chi connectivity index (χ4n) is 1.62. The van der Waals surface area contributed by atoms with Crippen LogP contribution in [0.5, 0.6) is 0 Å². The van der Waals surface area contributed by atoms with Crippen LogP contribution in [0.2, 0.25) is 0 Å². The van der Waals surface area contributed by atoms with E-state index >= 15 is 0 Å². The molecule has 5 heteroatoms. The second-order valence-corrected chi connectivity index (χ2v) is 4.02. The Hall–Kier alpha value is -1.36. The van der Waals surface area contributed by atoms with Crippen LogP contribution in [0.4, 0.5) is 0 Å². The third-order valence-electron chi connectivity index (χ3n) is 2.65. The van der Waals surface area contributed by atoms with E-state index in [1.807, 2.05) is 0 Å². The summed E-state index contributed by atoms with van der Waals surface area (Å²) >= 11 is 0. The molecule has 1 unspecified atom stereocenters. The summed E-state index contributed by atoms with van der Waals surface area (Å²) in [6, 6.07) is 0. The lowest BCUT2D eigenvalue weighted by atomic mass is 9.98. The lowest BCUT2D eigenvalue weighted by molar-refractivity contribution is -0.129. The van der Waals surface area contributed by atoms with E-state index in [0.717, 1.165) is 6.42 Å². The van der Waals surface area contributed by atoms with Gasteiger partial charge in [-0.15, -0.1) is 6.58 Å². The second kappa shape index (κ2) is 7.84. The van der Waals surface area contributed by atoms with Crippen molar-refractivity contribution in [2.24, 2.45) is 5.92 Å². The van der Waals surface area contributed by atoms with Crippen molar-refractivity contribution < 1.29 is 14.3 Å². The van der Waals surface area contributed by atoms with Gasteiger partial charge in [0.15, 0.2) is 0 Å². The van der Waals surface area contributed by atoms with Crippen molar-refractivity contribution in [1.82, 2.24) is 10.6 Å². The molecule has 0 aromatic heterocycles. The van der Waals surface area contributed by atoms with Crippen molar-refractivity contribution in [3.8, 4) is 0 Å². The number of carbonyl (C=O) groups excluding carboxylic acids is 2. The van der Waals surface area contributed by atoms with Gasteiger partial charge in [-0.3, -0.25) is 9.59 Å². The quantitative estimate of drug-likeness (QED) is 0.494. The van der Waals surface area contributed by atoms with Gasteiger partial charge in [-0.25, -0.2) is 0 Å². The number of hydrogen-bond acceptors (Lipinski definition) is 3. The van der Waals surface area contributed by atoms with Gasteiger partial charge in [0.1, 0.15) is 0 Å². The summed E-state index contributed by atoms with van der Waals surface area (Å²) < 4.78 is 5.27. The Labute approximate surface area is 102 Å². The largest absolute Gasteiger partial charge is 0.379 e. The summed E-state index contributed by atoms with van der Waals surface area (Å²) in [5.41, 5.74) is 0. The number of nitrogens with one attached hydrogen (secondary N) is 2. The molecule has 5 nitrogen and oxygen atoms in total. The molecule has 0 bridgehead atoms. The summed E-state index contributed by atoms with van der Waals surface area (Å²) in [6.07, 6.45) is 3.69. The van der Waals surface area contributed by atoms with E-state index in [-0.39, 0.29) is 17.7 Å². The highest BCUT2D eigenvalue weighted by Gasteiger charge is 2.23. The standard InChI is InChI=1S/C12H20N2O3/c1-2-3-7-17-8-6-13-12(16)10-4-5-11(15)14-9-10/h2,10H,1,3-9H2,(H,13,16)(H,14,15). The maximum absolute atomic E-state index is 11.7. The first-order valence-electron chi connectivity index (χ1n) is 5.97. The molecule has 0 radical (unpaired) electrons. The zero-order chi connectivity index (χ0) is 12.5.